The number of ether oxygens (including phenoxy) is 2. The number of rotatable bonds is 7. The molecule has 0 saturated carbocycles. The normalized spacial score (nSPS) is 14.8. The van der Waals surface area contributed by atoms with E-state index in [9.17, 15) is 9.59 Å². The van der Waals surface area contributed by atoms with Gasteiger partial charge in [0.25, 0.3) is 5.91 Å². The van der Waals surface area contributed by atoms with E-state index < -0.39 is 0 Å². The maximum atomic E-state index is 13.4. The number of aromatic amines is 1. The highest BCUT2D eigenvalue weighted by Crippen LogP contribution is 2.42. The van der Waals surface area contributed by atoms with Crippen LogP contribution in [0.25, 0.3) is 10.9 Å². The molecule has 2 heterocycles. The number of fused-ring (bicyclic) bond motifs is 2. The van der Waals surface area contributed by atoms with Crippen molar-refractivity contribution in [3.05, 3.63) is 89.1 Å². The number of anilines is 1. The van der Waals surface area contributed by atoms with Crippen molar-refractivity contribution < 1.29 is 19.1 Å². The van der Waals surface area contributed by atoms with Gasteiger partial charge in [-0.2, -0.15) is 0 Å². The molecule has 35 heavy (non-hydrogen) atoms. The van der Waals surface area contributed by atoms with Gasteiger partial charge in [0.05, 0.1) is 25.9 Å². The van der Waals surface area contributed by atoms with Crippen LogP contribution in [0.2, 0.25) is 0 Å². The summed E-state index contributed by atoms with van der Waals surface area (Å²) < 4.78 is 10.6. The second-order valence-electron chi connectivity index (χ2n) is 8.56. The third-order valence-corrected chi connectivity index (χ3v) is 6.54. The Kier molecular flexibility index (Phi) is 5.91. The molecule has 7 nitrogen and oxygen atoms in total. The van der Waals surface area contributed by atoms with Gasteiger partial charge in [0.1, 0.15) is 11.5 Å². The lowest BCUT2D eigenvalue weighted by Crippen LogP contribution is -2.32. The number of nitrogens with one attached hydrogen (secondary N) is 2. The first-order valence-electron chi connectivity index (χ1n) is 11.5. The molecule has 7 heteroatoms. The van der Waals surface area contributed by atoms with Gasteiger partial charge in [-0.3, -0.25) is 9.59 Å². The molecular weight excluding hydrogens is 442 g/mol. The van der Waals surface area contributed by atoms with Gasteiger partial charge in [-0.1, -0.05) is 36.4 Å². The molecule has 1 aliphatic heterocycles. The number of carbonyl (C=O) groups is 2. The molecule has 5 rings (SSSR count). The molecule has 3 aromatic carbocycles. The van der Waals surface area contributed by atoms with Crippen molar-refractivity contribution in [2.45, 2.75) is 19.4 Å². The molecule has 2 N–H and O–H groups in total. The summed E-state index contributed by atoms with van der Waals surface area (Å²) in [6.07, 6.45) is 0.146. The number of methoxy groups -OCH3 is 2. The maximum Gasteiger partial charge on any atom is 0.255 e. The summed E-state index contributed by atoms with van der Waals surface area (Å²) in [5.74, 6) is 0.878. The van der Waals surface area contributed by atoms with E-state index in [4.69, 9.17) is 9.47 Å². The van der Waals surface area contributed by atoms with Crippen LogP contribution >= 0.6 is 0 Å². The third kappa shape index (κ3) is 3.99. The molecule has 1 aliphatic rings. The van der Waals surface area contributed by atoms with Crippen molar-refractivity contribution in [1.82, 2.24) is 9.88 Å². The van der Waals surface area contributed by atoms with Crippen LogP contribution < -0.4 is 14.8 Å². The minimum absolute atomic E-state index is 0.0647. The number of hydrogen-bond acceptors (Lipinski definition) is 4. The summed E-state index contributed by atoms with van der Waals surface area (Å²) in [4.78, 5) is 31.6. The Hall–Kier alpha value is -4.26. The minimum atomic E-state index is -0.266. The Morgan fingerprint density at radius 3 is 2.60 bits per heavy atom. The number of aromatic nitrogens is 1. The van der Waals surface area contributed by atoms with Crippen LogP contribution in [0.4, 0.5) is 5.69 Å². The van der Waals surface area contributed by atoms with Crippen molar-refractivity contribution in [3.8, 4) is 11.5 Å². The van der Waals surface area contributed by atoms with Gasteiger partial charge < -0.3 is 24.7 Å². The van der Waals surface area contributed by atoms with Gasteiger partial charge in [0.15, 0.2) is 0 Å². The second kappa shape index (κ2) is 9.18. The summed E-state index contributed by atoms with van der Waals surface area (Å²) in [5, 5.41) is 3.98. The van der Waals surface area contributed by atoms with Crippen LogP contribution in [0.3, 0.4) is 0 Å². The molecule has 1 aromatic heterocycles. The minimum Gasteiger partial charge on any atom is -0.497 e. The van der Waals surface area contributed by atoms with Crippen LogP contribution in [0, 0.1) is 6.92 Å². The fraction of sp³-hybridized carbons (Fsp3) is 0.214. The first kappa shape index (κ1) is 22.5. The monoisotopic (exact) mass is 469 g/mol. The molecule has 1 atom stereocenters. The summed E-state index contributed by atoms with van der Waals surface area (Å²) >= 11 is 0. The van der Waals surface area contributed by atoms with E-state index in [0.717, 1.165) is 27.7 Å². The van der Waals surface area contributed by atoms with E-state index >= 15 is 0 Å². The lowest BCUT2D eigenvalue weighted by Gasteiger charge is -2.26. The fourth-order valence-electron chi connectivity index (χ4n) is 4.90. The first-order chi connectivity index (χ1) is 17.0. The zero-order chi connectivity index (χ0) is 24.5. The van der Waals surface area contributed by atoms with Crippen molar-refractivity contribution in [1.29, 1.82) is 0 Å². The van der Waals surface area contributed by atoms with Gasteiger partial charge >= 0.3 is 0 Å². The Morgan fingerprint density at radius 2 is 1.80 bits per heavy atom. The SMILES string of the molecule is COc1ccc(NC(=O)CCN2C(=O)c3ccccc3[C@H]2c2c(C)[nH]c3ccccc23)c(OC)c1. The Morgan fingerprint density at radius 1 is 1.03 bits per heavy atom. The average molecular weight is 470 g/mol. The molecule has 4 aromatic rings. The van der Waals surface area contributed by atoms with Gasteiger partial charge in [-0.25, -0.2) is 0 Å². The highest BCUT2D eigenvalue weighted by Gasteiger charge is 2.39. The molecular formula is C28H27N3O4. The van der Waals surface area contributed by atoms with Crippen LogP contribution in [0.15, 0.2) is 66.7 Å². The zero-order valence-electron chi connectivity index (χ0n) is 19.9. The van der Waals surface area contributed by atoms with Crippen LogP contribution in [0.1, 0.15) is 39.6 Å². The average Bonchev–Trinajstić information content (AvgIpc) is 3.35. The number of para-hydroxylation sites is 1. The molecule has 0 saturated heterocycles. The van der Waals surface area contributed by atoms with E-state index in [1.807, 2.05) is 49.4 Å². The van der Waals surface area contributed by atoms with Crippen molar-refractivity contribution in [2.75, 3.05) is 26.1 Å². The molecule has 0 spiro atoms. The Labute approximate surface area is 203 Å². The molecule has 0 unspecified atom stereocenters. The highest BCUT2D eigenvalue weighted by atomic mass is 16.5. The van der Waals surface area contributed by atoms with Crippen LogP contribution in [-0.4, -0.2) is 42.5 Å². The number of H-pyrrole nitrogens is 1. The Bertz CT molecular complexity index is 1430. The fourth-order valence-corrected chi connectivity index (χ4v) is 4.90. The number of benzene rings is 3. The third-order valence-electron chi connectivity index (χ3n) is 6.54. The first-order valence-corrected chi connectivity index (χ1v) is 11.5. The highest BCUT2D eigenvalue weighted by molar-refractivity contribution is 6.01. The molecule has 0 aliphatic carbocycles. The van der Waals surface area contributed by atoms with E-state index in [2.05, 4.69) is 16.4 Å². The van der Waals surface area contributed by atoms with Gasteiger partial charge in [0.2, 0.25) is 5.91 Å². The maximum absolute atomic E-state index is 13.4. The van der Waals surface area contributed by atoms with Crippen molar-refractivity contribution in [3.63, 3.8) is 0 Å². The molecule has 178 valence electrons. The molecule has 0 radical (unpaired) electrons. The van der Waals surface area contributed by atoms with Crippen LogP contribution in [-0.2, 0) is 4.79 Å². The molecule has 0 fully saturated rings. The van der Waals surface area contributed by atoms with Crippen LogP contribution in [0.5, 0.6) is 11.5 Å². The Balaban J connectivity index is 1.42. The predicted molar refractivity (Wildman–Crippen MR) is 135 cm³/mol. The number of aryl methyl sites for hydroxylation is 1. The summed E-state index contributed by atoms with van der Waals surface area (Å²) in [6, 6.07) is 20.7. The number of hydrogen-bond donors (Lipinski definition) is 2. The van der Waals surface area contributed by atoms with Crippen molar-refractivity contribution in [2.24, 2.45) is 0 Å². The van der Waals surface area contributed by atoms with E-state index in [-0.39, 0.29) is 30.8 Å². The number of amides is 2. The van der Waals surface area contributed by atoms with E-state index in [0.29, 0.717) is 22.7 Å². The lowest BCUT2D eigenvalue weighted by molar-refractivity contribution is -0.116. The molecule has 2 amide bonds. The molecule has 0 bridgehead atoms. The number of nitrogens with zero attached hydrogens (tertiary/aromatic N) is 1. The quantitative estimate of drug-likeness (QED) is 0.396. The number of carbonyl (C=O) groups excluding carboxylic acids is 2. The van der Waals surface area contributed by atoms with Gasteiger partial charge in [-0.15, -0.1) is 0 Å². The van der Waals surface area contributed by atoms with Gasteiger partial charge in [-0.05, 0) is 36.8 Å². The second-order valence-corrected chi connectivity index (χ2v) is 8.56. The lowest BCUT2D eigenvalue weighted by atomic mass is 9.95. The van der Waals surface area contributed by atoms with Crippen molar-refractivity contribution >= 4 is 28.4 Å². The zero-order valence-corrected chi connectivity index (χ0v) is 19.9. The summed E-state index contributed by atoms with van der Waals surface area (Å²) in [5.41, 5.74) is 5.30. The summed E-state index contributed by atoms with van der Waals surface area (Å²) in [6.45, 7) is 2.31. The topological polar surface area (TPSA) is 83.7 Å². The van der Waals surface area contributed by atoms with E-state index in [1.54, 1.807) is 37.3 Å². The van der Waals surface area contributed by atoms with E-state index in [1.165, 1.54) is 0 Å². The standard InChI is InChI=1S/C28H27N3O4/c1-17-26(21-10-6-7-11-22(21)29-17)27-19-8-4-5-9-20(19)28(33)31(27)15-14-25(32)30-23-13-12-18(34-2)16-24(23)35-3/h4-13,16,27,29H,14-15H2,1-3H3,(H,30,32)/t27-/m0/s1. The largest absolute Gasteiger partial charge is 0.497 e. The summed E-state index contributed by atoms with van der Waals surface area (Å²) in [7, 11) is 3.11. The smallest absolute Gasteiger partial charge is 0.255 e. The predicted octanol–water partition coefficient (Wildman–Crippen LogP) is 5.07. The van der Waals surface area contributed by atoms with Gasteiger partial charge in [0, 0.05) is 46.8 Å².